The highest BCUT2D eigenvalue weighted by Crippen LogP contribution is 2.46. The number of para-hydroxylation sites is 2. The molecule has 0 unspecified atom stereocenters. The first kappa shape index (κ1) is 37.7. The van der Waals surface area contributed by atoms with Crippen molar-refractivity contribution in [1.29, 1.82) is 0 Å². The van der Waals surface area contributed by atoms with Gasteiger partial charge in [-0.25, -0.2) is 0 Å². The topological polar surface area (TPSA) is 32.8 Å². The van der Waals surface area contributed by atoms with E-state index in [1.807, 2.05) is 0 Å². The van der Waals surface area contributed by atoms with E-state index in [1.165, 1.54) is 27.5 Å². The van der Waals surface area contributed by atoms with Crippen molar-refractivity contribution in [2.75, 3.05) is 9.80 Å². The Morgan fingerprint density at radius 2 is 0.726 bits per heavy atom. The lowest BCUT2D eigenvalue weighted by atomic mass is 9.96. The van der Waals surface area contributed by atoms with Crippen molar-refractivity contribution in [3.8, 4) is 0 Å². The smallest absolute Gasteiger partial charge is 0.142 e. The molecular formula is C58H48N2O2. The second-order valence-electron chi connectivity index (χ2n) is 17.5. The number of nitrogens with zero attached hydrogens (tertiary/aromatic N) is 2. The normalized spacial score (nSPS) is 12.0. The highest BCUT2D eigenvalue weighted by atomic mass is 16.3. The zero-order chi connectivity index (χ0) is 42.2. The molecule has 0 atom stereocenters. The van der Waals surface area contributed by atoms with Gasteiger partial charge < -0.3 is 18.6 Å². The highest BCUT2D eigenvalue weighted by molar-refractivity contribution is 6.22. The van der Waals surface area contributed by atoms with Crippen molar-refractivity contribution >= 4 is 99.5 Å². The largest absolute Gasteiger partial charge is 0.456 e. The second kappa shape index (κ2) is 14.7. The Morgan fingerprint density at radius 1 is 0.355 bits per heavy atom. The van der Waals surface area contributed by atoms with Crippen LogP contribution in [0.25, 0.3) is 65.4 Å². The molecule has 62 heavy (non-hydrogen) atoms. The molecule has 302 valence electrons. The molecule has 0 radical (unpaired) electrons. The molecule has 0 aliphatic rings. The number of rotatable bonds is 8. The molecule has 0 fully saturated rings. The number of hydrogen-bond acceptors (Lipinski definition) is 4. The molecule has 9 aromatic carbocycles. The fraction of sp³-hybridized carbons (Fsp3) is 0.138. The number of furan rings is 2. The molecule has 0 aliphatic carbocycles. The third-order valence-corrected chi connectivity index (χ3v) is 12.9. The van der Waals surface area contributed by atoms with Gasteiger partial charge in [-0.1, -0.05) is 100 Å². The lowest BCUT2D eigenvalue weighted by molar-refractivity contribution is 0.651. The van der Waals surface area contributed by atoms with Gasteiger partial charge in [-0.3, -0.25) is 0 Å². The number of fused-ring (bicyclic) bond motifs is 8. The van der Waals surface area contributed by atoms with Gasteiger partial charge in [0.25, 0.3) is 0 Å². The molecule has 2 heterocycles. The van der Waals surface area contributed by atoms with Crippen LogP contribution in [-0.4, -0.2) is 0 Å². The average Bonchev–Trinajstić information content (AvgIpc) is 3.87. The van der Waals surface area contributed by atoms with Gasteiger partial charge in [0, 0.05) is 61.2 Å². The fourth-order valence-corrected chi connectivity index (χ4v) is 9.50. The molecular weight excluding hydrogens is 757 g/mol. The molecule has 0 saturated carbocycles. The average molecular weight is 805 g/mol. The molecule has 2 aromatic heterocycles. The third kappa shape index (κ3) is 6.20. The summed E-state index contributed by atoms with van der Waals surface area (Å²) >= 11 is 0. The summed E-state index contributed by atoms with van der Waals surface area (Å²) in [5.41, 5.74) is 15.0. The maximum absolute atomic E-state index is 6.83. The molecule has 0 spiro atoms. The van der Waals surface area contributed by atoms with Crippen molar-refractivity contribution in [2.45, 2.75) is 53.4 Å². The van der Waals surface area contributed by atoms with Crippen LogP contribution in [0.15, 0.2) is 179 Å². The maximum Gasteiger partial charge on any atom is 0.142 e. The first-order valence-electron chi connectivity index (χ1n) is 21.8. The summed E-state index contributed by atoms with van der Waals surface area (Å²) in [6.07, 6.45) is 0. The highest BCUT2D eigenvalue weighted by Gasteiger charge is 2.23. The Hall–Kier alpha value is -7.30. The van der Waals surface area contributed by atoms with Crippen LogP contribution in [-0.2, 0) is 0 Å². The minimum atomic E-state index is 0.473. The molecule has 4 nitrogen and oxygen atoms in total. The van der Waals surface area contributed by atoms with Gasteiger partial charge in [0.05, 0.1) is 0 Å². The number of anilines is 6. The number of aryl methyl sites for hydroxylation is 2. The quantitative estimate of drug-likeness (QED) is 0.153. The Balaban J connectivity index is 1.02. The Bertz CT molecular complexity index is 3240. The van der Waals surface area contributed by atoms with Gasteiger partial charge in [0.2, 0.25) is 0 Å². The number of hydrogen-bond donors (Lipinski definition) is 0. The van der Waals surface area contributed by atoms with Gasteiger partial charge in [0.1, 0.15) is 22.3 Å². The molecule has 0 bridgehead atoms. The predicted molar refractivity (Wildman–Crippen MR) is 263 cm³/mol. The summed E-state index contributed by atoms with van der Waals surface area (Å²) in [6, 6.07) is 61.6. The minimum absolute atomic E-state index is 0.473. The molecule has 11 aromatic rings. The second-order valence-corrected chi connectivity index (χ2v) is 17.5. The van der Waals surface area contributed by atoms with E-state index < -0.39 is 0 Å². The van der Waals surface area contributed by atoms with E-state index in [0.717, 1.165) is 94.3 Å². The van der Waals surface area contributed by atoms with Gasteiger partial charge in [-0.15, -0.1) is 0 Å². The van der Waals surface area contributed by atoms with Gasteiger partial charge >= 0.3 is 0 Å². The van der Waals surface area contributed by atoms with E-state index in [1.54, 1.807) is 0 Å². The lowest BCUT2D eigenvalue weighted by Crippen LogP contribution is -2.09. The van der Waals surface area contributed by atoms with Crippen molar-refractivity contribution in [3.05, 3.63) is 192 Å². The molecule has 0 saturated heterocycles. The van der Waals surface area contributed by atoms with Crippen LogP contribution in [0.5, 0.6) is 0 Å². The zero-order valence-corrected chi connectivity index (χ0v) is 36.0. The number of benzene rings is 9. The summed E-state index contributed by atoms with van der Waals surface area (Å²) in [5.74, 6) is 0.946. The van der Waals surface area contributed by atoms with Gasteiger partial charge in [0.15, 0.2) is 0 Å². The SMILES string of the molecule is Cc1c2oc3cc4cc(N(c5ccccc5)c5ccc(C(C)C)cc5)ccc4cc3c2c(C)c2c1oc1cc3cc(N(c4ccccc4)c4ccc(C(C)C)cc4)ccc3cc12. The van der Waals surface area contributed by atoms with E-state index in [0.29, 0.717) is 11.8 Å². The van der Waals surface area contributed by atoms with Crippen molar-refractivity contribution < 1.29 is 8.83 Å². The third-order valence-electron chi connectivity index (χ3n) is 12.9. The summed E-state index contributed by atoms with van der Waals surface area (Å²) in [7, 11) is 0. The first-order valence-corrected chi connectivity index (χ1v) is 21.8. The van der Waals surface area contributed by atoms with Gasteiger partial charge in [-0.05, 0) is 161 Å². The first-order chi connectivity index (χ1) is 30.2. The Morgan fingerprint density at radius 3 is 1.11 bits per heavy atom. The fourth-order valence-electron chi connectivity index (χ4n) is 9.50. The summed E-state index contributed by atoms with van der Waals surface area (Å²) < 4.78 is 13.7. The van der Waals surface area contributed by atoms with Crippen molar-refractivity contribution in [2.24, 2.45) is 0 Å². The molecule has 0 aliphatic heterocycles. The minimum Gasteiger partial charge on any atom is -0.456 e. The summed E-state index contributed by atoms with van der Waals surface area (Å²) in [5, 5.41) is 9.12. The maximum atomic E-state index is 6.83. The predicted octanol–water partition coefficient (Wildman–Crippen LogP) is 17.6. The Labute approximate surface area is 362 Å². The van der Waals surface area contributed by atoms with Crippen LogP contribution in [0.2, 0.25) is 0 Å². The molecule has 11 rings (SSSR count). The standard InChI is InChI=1S/C58H48N2O2/c1-35(2)39-17-23-47(24-18-39)59(45-13-9-7-10-14-45)49-27-21-41-31-51-53(33-43(41)29-49)61-57-38(6)58-56(37(5)55(51)57)52-32-42-22-28-50(30-44(42)34-54(52)62-58)60(46-15-11-8-12-16-46)48-25-19-40(20-26-48)36(3)4/h7-36H,1-6H3. The van der Waals surface area contributed by atoms with E-state index in [4.69, 9.17) is 8.83 Å². The van der Waals surface area contributed by atoms with E-state index in [2.05, 4.69) is 221 Å². The van der Waals surface area contributed by atoms with Crippen LogP contribution < -0.4 is 9.80 Å². The van der Waals surface area contributed by atoms with Crippen molar-refractivity contribution in [3.63, 3.8) is 0 Å². The monoisotopic (exact) mass is 804 g/mol. The van der Waals surface area contributed by atoms with E-state index in [-0.39, 0.29) is 0 Å². The van der Waals surface area contributed by atoms with Crippen molar-refractivity contribution in [1.82, 2.24) is 0 Å². The van der Waals surface area contributed by atoms with Crippen LogP contribution in [0.1, 0.15) is 61.8 Å². The van der Waals surface area contributed by atoms with E-state index in [9.17, 15) is 0 Å². The van der Waals surface area contributed by atoms with Crippen LogP contribution >= 0.6 is 0 Å². The Kier molecular flexibility index (Phi) is 8.94. The van der Waals surface area contributed by atoms with Crippen LogP contribution in [0.4, 0.5) is 34.1 Å². The zero-order valence-electron chi connectivity index (χ0n) is 36.0. The van der Waals surface area contributed by atoms with E-state index >= 15 is 0 Å². The van der Waals surface area contributed by atoms with Gasteiger partial charge in [-0.2, -0.15) is 0 Å². The lowest BCUT2D eigenvalue weighted by Gasteiger charge is -2.26. The van der Waals surface area contributed by atoms with Crippen LogP contribution in [0.3, 0.4) is 0 Å². The molecule has 0 N–H and O–H groups in total. The molecule has 0 amide bonds. The van der Waals surface area contributed by atoms with Crippen LogP contribution in [0, 0.1) is 13.8 Å². The molecule has 4 heteroatoms. The summed E-state index contributed by atoms with van der Waals surface area (Å²) in [4.78, 5) is 4.66. The summed E-state index contributed by atoms with van der Waals surface area (Å²) in [6.45, 7) is 13.3.